The van der Waals surface area contributed by atoms with Gasteiger partial charge in [0.15, 0.2) is 5.78 Å². The first-order valence-corrected chi connectivity index (χ1v) is 6.19. The quantitative estimate of drug-likeness (QED) is 0.606. The number of likely N-dealkylation sites (tertiary alicyclic amines) is 1. The number of carbonyl (C=O) groups excluding carboxylic acids is 2. The number of Topliss-reactive ketones (excluding diaryl/α,β-unsaturated/α-hetero) is 1. The van der Waals surface area contributed by atoms with E-state index in [1.165, 1.54) is 0 Å². The molecule has 1 fully saturated rings. The van der Waals surface area contributed by atoms with Crippen LogP contribution in [0.5, 0.6) is 0 Å². The molecule has 0 saturated carbocycles. The highest BCUT2D eigenvalue weighted by atomic mass is 16.2. The fourth-order valence-electron chi connectivity index (χ4n) is 2.07. The van der Waals surface area contributed by atoms with E-state index in [2.05, 4.69) is 18.7 Å². The lowest BCUT2D eigenvalue weighted by molar-refractivity contribution is -0.128. The molecule has 1 saturated heterocycles. The average molecular weight is 226 g/mol. The van der Waals surface area contributed by atoms with Crippen LogP contribution >= 0.6 is 0 Å². The number of hydrogen-bond donors (Lipinski definition) is 0. The van der Waals surface area contributed by atoms with Gasteiger partial charge in [0, 0.05) is 13.1 Å². The first-order chi connectivity index (χ1) is 7.67. The van der Waals surface area contributed by atoms with Gasteiger partial charge in [-0.25, -0.2) is 0 Å². The molecular weight excluding hydrogens is 204 g/mol. The smallest absolute Gasteiger partial charge is 0.230 e. The average Bonchev–Trinajstić information content (AvgIpc) is 2.54. The Morgan fingerprint density at radius 3 is 2.19 bits per heavy atom. The van der Waals surface area contributed by atoms with E-state index in [-0.39, 0.29) is 18.1 Å². The SMILES string of the molecule is CCCN(CCC)CCN1CC(=O)CC1=O. The molecule has 0 aromatic rings. The summed E-state index contributed by atoms with van der Waals surface area (Å²) in [5, 5.41) is 0. The van der Waals surface area contributed by atoms with Gasteiger partial charge in [-0.2, -0.15) is 0 Å². The number of nitrogens with zero attached hydrogens (tertiary/aromatic N) is 2. The summed E-state index contributed by atoms with van der Waals surface area (Å²) in [6.07, 6.45) is 2.38. The molecule has 16 heavy (non-hydrogen) atoms. The van der Waals surface area contributed by atoms with Gasteiger partial charge >= 0.3 is 0 Å². The van der Waals surface area contributed by atoms with Crippen LogP contribution in [-0.4, -0.2) is 54.2 Å². The zero-order valence-corrected chi connectivity index (χ0v) is 10.4. The fourth-order valence-corrected chi connectivity index (χ4v) is 2.07. The van der Waals surface area contributed by atoms with Gasteiger partial charge in [-0.15, -0.1) is 0 Å². The molecule has 0 radical (unpaired) electrons. The zero-order valence-electron chi connectivity index (χ0n) is 10.4. The highest BCUT2D eigenvalue weighted by Gasteiger charge is 2.26. The molecular formula is C12H22N2O2. The van der Waals surface area contributed by atoms with Crippen LogP contribution in [0.2, 0.25) is 0 Å². The Labute approximate surface area is 97.6 Å². The maximum Gasteiger partial charge on any atom is 0.230 e. The summed E-state index contributed by atoms with van der Waals surface area (Å²) in [6.45, 7) is 8.38. The van der Waals surface area contributed by atoms with Crippen molar-refractivity contribution in [1.82, 2.24) is 9.80 Å². The van der Waals surface area contributed by atoms with E-state index in [0.717, 1.165) is 32.5 Å². The molecule has 1 rings (SSSR count). The van der Waals surface area contributed by atoms with Crippen molar-refractivity contribution in [3.8, 4) is 0 Å². The molecule has 0 aromatic heterocycles. The van der Waals surface area contributed by atoms with Crippen molar-refractivity contribution in [2.24, 2.45) is 0 Å². The number of carbonyl (C=O) groups is 2. The van der Waals surface area contributed by atoms with Crippen LogP contribution in [0.15, 0.2) is 0 Å². The van der Waals surface area contributed by atoms with Gasteiger partial charge in [0.1, 0.15) is 0 Å². The Bertz CT molecular complexity index is 247. The molecule has 0 N–H and O–H groups in total. The highest BCUT2D eigenvalue weighted by Crippen LogP contribution is 2.06. The minimum Gasteiger partial charge on any atom is -0.334 e. The van der Waals surface area contributed by atoms with Crippen LogP contribution in [0, 0.1) is 0 Å². The third kappa shape index (κ3) is 3.93. The van der Waals surface area contributed by atoms with Crippen LogP contribution in [0.1, 0.15) is 33.1 Å². The second-order valence-electron chi connectivity index (χ2n) is 4.37. The largest absolute Gasteiger partial charge is 0.334 e. The van der Waals surface area contributed by atoms with Crippen molar-refractivity contribution in [1.29, 1.82) is 0 Å². The van der Waals surface area contributed by atoms with Crippen LogP contribution in [0.25, 0.3) is 0 Å². The molecule has 0 bridgehead atoms. The summed E-state index contributed by atoms with van der Waals surface area (Å²) in [6, 6.07) is 0. The topological polar surface area (TPSA) is 40.6 Å². The van der Waals surface area contributed by atoms with Crippen LogP contribution < -0.4 is 0 Å². The third-order valence-electron chi connectivity index (χ3n) is 2.83. The minimum atomic E-state index is -0.00190. The van der Waals surface area contributed by atoms with Gasteiger partial charge in [-0.1, -0.05) is 13.8 Å². The van der Waals surface area contributed by atoms with E-state index in [9.17, 15) is 9.59 Å². The third-order valence-corrected chi connectivity index (χ3v) is 2.83. The zero-order chi connectivity index (χ0) is 12.0. The molecule has 4 nitrogen and oxygen atoms in total. The number of rotatable bonds is 7. The highest BCUT2D eigenvalue weighted by molar-refractivity contribution is 6.05. The summed E-state index contributed by atoms with van der Waals surface area (Å²) in [4.78, 5) is 26.5. The van der Waals surface area contributed by atoms with E-state index in [1.807, 2.05) is 0 Å². The molecule has 1 amide bonds. The Morgan fingerprint density at radius 2 is 1.75 bits per heavy atom. The first-order valence-electron chi connectivity index (χ1n) is 6.19. The van der Waals surface area contributed by atoms with Gasteiger partial charge in [0.2, 0.25) is 5.91 Å². The number of ketones is 1. The van der Waals surface area contributed by atoms with Crippen molar-refractivity contribution in [3.05, 3.63) is 0 Å². The van der Waals surface area contributed by atoms with Crippen molar-refractivity contribution in [2.75, 3.05) is 32.7 Å². The summed E-state index contributed by atoms with van der Waals surface area (Å²) < 4.78 is 0. The van der Waals surface area contributed by atoms with E-state index in [4.69, 9.17) is 0 Å². The van der Waals surface area contributed by atoms with Gasteiger partial charge in [-0.3, -0.25) is 9.59 Å². The van der Waals surface area contributed by atoms with Crippen molar-refractivity contribution in [2.45, 2.75) is 33.1 Å². The molecule has 4 heteroatoms. The van der Waals surface area contributed by atoms with Gasteiger partial charge in [-0.05, 0) is 25.9 Å². The van der Waals surface area contributed by atoms with E-state index >= 15 is 0 Å². The molecule has 92 valence electrons. The lowest BCUT2D eigenvalue weighted by atomic mass is 10.3. The van der Waals surface area contributed by atoms with Gasteiger partial charge in [0.25, 0.3) is 0 Å². The molecule has 1 aliphatic heterocycles. The normalized spacial score (nSPS) is 16.6. The molecule has 0 aromatic carbocycles. The van der Waals surface area contributed by atoms with Crippen LogP contribution in [0.3, 0.4) is 0 Å². The molecule has 0 spiro atoms. The Hall–Kier alpha value is -0.900. The van der Waals surface area contributed by atoms with Gasteiger partial charge in [0.05, 0.1) is 13.0 Å². The van der Waals surface area contributed by atoms with Crippen LogP contribution in [-0.2, 0) is 9.59 Å². The predicted molar refractivity (Wildman–Crippen MR) is 63.2 cm³/mol. The summed E-state index contributed by atoms with van der Waals surface area (Å²) in [7, 11) is 0. The first kappa shape index (κ1) is 13.2. The van der Waals surface area contributed by atoms with Crippen molar-refractivity contribution < 1.29 is 9.59 Å². The Morgan fingerprint density at radius 1 is 1.12 bits per heavy atom. The lowest BCUT2D eigenvalue weighted by Crippen LogP contribution is -2.36. The summed E-state index contributed by atoms with van der Waals surface area (Å²) in [5.41, 5.74) is 0. The van der Waals surface area contributed by atoms with E-state index < -0.39 is 0 Å². The summed E-state index contributed by atoms with van der Waals surface area (Å²) in [5.74, 6) is 0.0560. The molecule has 0 aliphatic carbocycles. The number of amides is 1. The predicted octanol–water partition coefficient (Wildman–Crippen LogP) is 0.910. The maximum absolute atomic E-state index is 11.4. The Kier molecular flexibility index (Phi) is 5.46. The van der Waals surface area contributed by atoms with Crippen molar-refractivity contribution in [3.63, 3.8) is 0 Å². The summed E-state index contributed by atoms with van der Waals surface area (Å²) >= 11 is 0. The lowest BCUT2D eigenvalue weighted by Gasteiger charge is -2.24. The maximum atomic E-state index is 11.4. The Balaban J connectivity index is 2.31. The molecule has 1 heterocycles. The molecule has 1 aliphatic rings. The van der Waals surface area contributed by atoms with Gasteiger partial charge < -0.3 is 9.80 Å². The standard InChI is InChI=1S/C12H22N2O2/c1-3-5-13(6-4-2)7-8-14-10-11(15)9-12(14)16/h3-10H2,1-2H3. The fraction of sp³-hybridized carbons (Fsp3) is 0.833. The number of hydrogen-bond acceptors (Lipinski definition) is 3. The van der Waals surface area contributed by atoms with E-state index in [1.54, 1.807) is 4.90 Å². The monoisotopic (exact) mass is 226 g/mol. The second kappa shape index (κ2) is 6.63. The minimum absolute atomic E-state index is 0.00190. The second-order valence-corrected chi connectivity index (χ2v) is 4.37. The molecule has 0 unspecified atom stereocenters. The van der Waals surface area contributed by atoms with Crippen LogP contribution in [0.4, 0.5) is 0 Å². The van der Waals surface area contributed by atoms with E-state index in [0.29, 0.717) is 13.1 Å². The molecule has 0 atom stereocenters. The van der Waals surface area contributed by atoms with Crippen molar-refractivity contribution >= 4 is 11.7 Å².